The van der Waals surface area contributed by atoms with Gasteiger partial charge in [0.1, 0.15) is 0 Å². The molecule has 9 aromatic rings. The van der Waals surface area contributed by atoms with Gasteiger partial charge in [-0.3, -0.25) is 0 Å². The van der Waals surface area contributed by atoms with Crippen LogP contribution in [0.15, 0.2) is 194 Å². The van der Waals surface area contributed by atoms with Crippen LogP contribution in [0.25, 0.3) is 21.9 Å². The highest BCUT2D eigenvalue weighted by molar-refractivity contribution is 7.00. The van der Waals surface area contributed by atoms with Crippen molar-refractivity contribution in [1.29, 1.82) is 0 Å². The molecule has 4 heteroatoms. The Labute approximate surface area is 452 Å². The van der Waals surface area contributed by atoms with E-state index >= 15 is 0 Å². The molecule has 11 rings (SSSR count). The first-order valence-electron chi connectivity index (χ1n) is 32.7. The van der Waals surface area contributed by atoms with E-state index in [1.807, 2.05) is 24.3 Å². The zero-order chi connectivity index (χ0) is 64.4. The Morgan fingerprint density at radius 3 is 1.35 bits per heavy atom. The first-order chi connectivity index (χ1) is 40.9. The molecule has 0 bridgehead atoms. The highest BCUT2D eigenvalue weighted by Gasteiger charge is 2.45. The molecule has 3 nitrogen and oxygen atoms in total. The molecule has 358 valence electrons. The fourth-order valence-corrected chi connectivity index (χ4v) is 10.1. The topological polar surface area (TPSA) is 9.72 Å². The number of nitrogens with zero attached hydrogens (tertiary/aromatic N) is 3. The van der Waals surface area contributed by atoms with Gasteiger partial charge in [0.15, 0.2) is 0 Å². The molecular weight excluding hydrogens is 870 g/mol. The van der Waals surface area contributed by atoms with Crippen LogP contribution >= 0.6 is 0 Å². The fraction of sp³-hybridized carbons (Fsp3) is 0.235. The normalized spacial score (nSPS) is 16.6. The average molecular weight is 954 g/mol. The first-order valence-corrected chi connectivity index (χ1v) is 24.7. The molecule has 0 spiro atoms. The quantitative estimate of drug-likeness (QED) is 0.154. The Bertz CT molecular complexity index is 4280. The van der Waals surface area contributed by atoms with Gasteiger partial charge in [0.2, 0.25) is 0 Å². The van der Waals surface area contributed by atoms with E-state index in [1.54, 1.807) is 12.1 Å². The van der Waals surface area contributed by atoms with E-state index in [2.05, 4.69) is 154 Å². The number of hydrogen-bond donors (Lipinski definition) is 0. The van der Waals surface area contributed by atoms with Gasteiger partial charge in [0.25, 0.3) is 6.71 Å². The summed E-state index contributed by atoms with van der Waals surface area (Å²) in [5.74, 6) is 0. The molecular formula is C68H68BN3. The molecule has 0 aliphatic carbocycles. The maximum atomic E-state index is 10.3. The predicted octanol–water partition coefficient (Wildman–Crippen LogP) is 17.2. The maximum absolute atomic E-state index is 10.3. The average Bonchev–Trinajstić information content (AvgIpc) is 0.700. The summed E-state index contributed by atoms with van der Waals surface area (Å²) in [7, 11) is 0. The van der Waals surface area contributed by atoms with Crippen molar-refractivity contribution in [2.75, 3.05) is 14.7 Å². The standard InChI is InChI=1S/C68H68BN3/c1-65(2,3)48-27-34-52(35-28-48)71-60-38-31-50(67(7,8)9)41-57(60)69-58-42-51(68(10,11)12)32-39-61(58)72(53-36-29-49(30-37-53)66(4,5)6)63-44-55(43-62(71)64(63)69)70(54-33-26-45-20-16-17-23-47(45)40-54)59-25-19-18-24-56(59)46-21-14-13-15-22-46/h13-44H,1-12H3/i13D,14D,15D,16D,17D,18D,19D,20D,21D,22D,23D,24D,25D,26D,33D,40D. The van der Waals surface area contributed by atoms with Crippen molar-refractivity contribution in [2.45, 2.75) is 105 Å². The van der Waals surface area contributed by atoms with E-state index < -0.39 is 137 Å². The molecule has 0 saturated heterocycles. The minimum Gasteiger partial charge on any atom is -0.311 e. The lowest BCUT2D eigenvalue weighted by atomic mass is 9.33. The Hall–Kier alpha value is -7.30. The van der Waals surface area contributed by atoms with Crippen LogP contribution in [0.3, 0.4) is 0 Å². The third-order valence-electron chi connectivity index (χ3n) is 14.1. The monoisotopic (exact) mass is 954 g/mol. The number of para-hydroxylation sites is 1. The van der Waals surface area contributed by atoms with E-state index in [1.165, 1.54) is 4.90 Å². The van der Waals surface area contributed by atoms with E-state index in [0.717, 1.165) is 61.4 Å². The van der Waals surface area contributed by atoms with Crippen molar-refractivity contribution < 1.29 is 21.9 Å². The van der Waals surface area contributed by atoms with Crippen LogP contribution in [0, 0.1) is 0 Å². The molecule has 72 heavy (non-hydrogen) atoms. The lowest BCUT2D eigenvalue weighted by molar-refractivity contribution is 0.590. The summed E-state index contributed by atoms with van der Waals surface area (Å²) in [6.07, 6.45) is 0. The summed E-state index contributed by atoms with van der Waals surface area (Å²) in [6.45, 7) is 25.4. The second-order valence-electron chi connectivity index (χ2n) is 23.2. The summed E-state index contributed by atoms with van der Waals surface area (Å²) in [5.41, 5.74) is 7.90. The minimum atomic E-state index is -0.822. The summed E-state index contributed by atoms with van der Waals surface area (Å²) in [4.78, 5) is 5.47. The van der Waals surface area contributed by atoms with E-state index in [4.69, 9.17) is 8.22 Å². The van der Waals surface area contributed by atoms with E-state index in [9.17, 15) is 13.7 Å². The summed E-state index contributed by atoms with van der Waals surface area (Å²) >= 11 is 0. The Morgan fingerprint density at radius 2 is 0.847 bits per heavy atom. The molecule has 2 aliphatic heterocycles. The zero-order valence-electron chi connectivity index (χ0n) is 59.2. The SMILES string of the molecule is [2H]c1c([2H])c([2H])c(-c2c([2H])c([2H])c([2H])c([2H])c2N(c2cc3c4c(c2)N(c2ccc(C(C)(C)C)cc2)c2ccc(C(C)(C)C)cc2B4c2cc(C(C)(C)C)ccc2N3c2ccc(C(C)(C)C)cc2)c2c([2H])c([2H])c3c([2H])c([2H])c([2H])c([2H])c3c2[2H])c([2H])c1[2H]. The smallest absolute Gasteiger partial charge is 0.252 e. The van der Waals surface area contributed by atoms with Gasteiger partial charge >= 0.3 is 0 Å². The molecule has 2 heterocycles. The van der Waals surface area contributed by atoms with Crippen molar-refractivity contribution in [3.63, 3.8) is 0 Å². The first kappa shape index (κ1) is 31.9. The zero-order valence-corrected chi connectivity index (χ0v) is 43.2. The van der Waals surface area contributed by atoms with Crippen LogP contribution in [0.4, 0.5) is 51.2 Å². The maximum Gasteiger partial charge on any atom is 0.252 e. The third kappa shape index (κ3) is 8.29. The van der Waals surface area contributed by atoms with Crippen LogP contribution < -0.4 is 31.1 Å². The number of anilines is 9. The molecule has 0 amide bonds. The molecule has 0 fully saturated rings. The largest absolute Gasteiger partial charge is 0.311 e. The van der Waals surface area contributed by atoms with Crippen molar-refractivity contribution in [1.82, 2.24) is 0 Å². The Morgan fingerprint density at radius 1 is 0.403 bits per heavy atom. The van der Waals surface area contributed by atoms with Gasteiger partial charge in [0.05, 0.1) is 33.3 Å². The van der Waals surface area contributed by atoms with Crippen molar-refractivity contribution in [2.24, 2.45) is 0 Å². The summed E-state index contributed by atoms with van der Waals surface area (Å²) in [6, 6.07) is 20.9. The Kier molecular flexibility index (Phi) is 7.62. The van der Waals surface area contributed by atoms with Crippen LogP contribution in [-0.4, -0.2) is 6.71 Å². The molecule has 9 aromatic carbocycles. The molecule has 0 atom stereocenters. The van der Waals surface area contributed by atoms with Crippen LogP contribution in [0.2, 0.25) is 0 Å². The predicted molar refractivity (Wildman–Crippen MR) is 313 cm³/mol. The lowest BCUT2D eigenvalue weighted by Gasteiger charge is -2.45. The van der Waals surface area contributed by atoms with Gasteiger partial charge in [-0.25, -0.2) is 0 Å². The van der Waals surface area contributed by atoms with Gasteiger partial charge in [-0.2, -0.15) is 0 Å². The minimum absolute atomic E-state index is 0.0184. The number of benzene rings is 9. The van der Waals surface area contributed by atoms with Gasteiger partial charge in [-0.1, -0.05) is 210 Å². The number of fused-ring (bicyclic) bond motifs is 5. The Balaban J connectivity index is 1.41. The molecule has 0 saturated carbocycles. The van der Waals surface area contributed by atoms with Gasteiger partial charge < -0.3 is 14.7 Å². The highest BCUT2D eigenvalue weighted by atomic mass is 15.2. The second-order valence-corrected chi connectivity index (χ2v) is 23.2. The molecule has 0 radical (unpaired) electrons. The van der Waals surface area contributed by atoms with Gasteiger partial charge in [0, 0.05) is 45.4 Å². The molecule has 2 aliphatic rings. The third-order valence-corrected chi connectivity index (χ3v) is 14.1. The molecule has 0 N–H and O–H groups in total. The van der Waals surface area contributed by atoms with E-state index in [-0.39, 0.29) is 27.3 Å². The molecule has 0 aromatic heterocycles. The summed E-state index contributed by atoms with van der Waals surface area (Å²) < 4.78 is 150. The van der Waals surface area contributed by atoms with Crippen LogP contribution in [-0.2, 0) is 21.7 Å². The lowest BCUT2D eigenvalue weighted by Crippen LogP contribution is -2.61. The van der Waals surface area contributed by atoms with E-state index in [0.29, 0.717) is 11.4 Å². The van der Waals surface area contributed by atoms with Crippen LogP contribution in [0.5, 0.6) is 0 Å². The van der Waals surface area contributed by atoms with Crippen LogP contribution in [0.1, 0.15) is 127 Å². The van der Waals surface area contributed by atoms with Crippen molar-refractivity contribution >= 4 is 85.1 Å². The number of rotatable bonds is 6. The summed E-state index contributed by atoms with van der Waals surface area (Å²) in [5, 5.41) is -0.883. The fourth-order valence-electron chi connectivity index (χ4n) is 10.1. The van der Waals surface area contributed by atoms with Crippen molar-refractivity contribution in [3.05, 3.63) is 216 Å². The van der Waals surface area contributed by atoms with Crippen molar-refractivity contribution in [3.8, 4) is 11.1 Å². The number of hydrogen-bond acceptors (Lipinski definition) is 3. The second kappa shape index (κ2) is 17.2. The highest BCUT2D eigenvalue weighted by Crippen LogP contribution is 2.50. The van der Waals surface area contributed by atoms with Gasteiger partial charge in [-0.15, -0.1) is 0 Å². The van der Waals surface area contributed by atoms with Gasteiger partial charge in [-0.05, 0) is 143 Å². The molecule has 0 unspecified atom stereocenters.